The molecule has 4 rings (SSSR count). The lowest BCUT2D eigenvalue weighted by Crippen LogP contribution is -2.33. The summed E-state index contributed by atoms with van der Waals surface area (Å²) in [6.07, 6.45) is 3.36. The maximum Gasteiger partial charge on any atom is 0.336 e. The van der Waals surface area contributed by atoms with Crippen LogP contribution in [-0.2, 0) is 6.54 Å². The highest BCUT2D eigenvalue weighted by molar-refractivity contribution is 5.95. The molecule has 0 spiro atoms. The number of carboxylic acid groups (broad SMARTS) is 1. The van der Waals surface area contributed by atoms with Crippen molar-refractivity contribution in [3.8, 4) is 11.1 Å². The number of carboxylic acids is 1. The zero-order valence-electron chi connectivity index (χ0n) is 15.8. The molecule has 1 aromatic heterocycles. The average Bonchev–Trinajstić information content (AvgIpc) is 3.15. The Balaban J connectivity index is 1.53. The van der Waals surface area contributed by atoms with Gasteiger partial charge in [-0.15, -0.1) is 0 Å². The van der Waals surface area contributed by atoms with E-state index in [1.165, 1.54) is 12.0 Å². The molecule has 1 fully saturated rings. The molecule has 2 heterocycles. The number of aromatic nitrogens is 2. The largest absolute Gasteiger partial charge is 0.478 e. The predicted molar refractivity (Wildman–Crippen MR) is 105 cm³/mol. The van der Waals surface area contributed by atoms with E-state index in [1.807, 2.05) is 31.2 Å². The van der Waals surface area contributed by atoms with Gasteiger partial charge in [-0.3, -0.25) is 4.90 Å². The number of hydrogen-bond donors (Lipinski definition) is 1. The van der Waals surface area contributed by atoms with Crippen molar-refractivity contribution in [2.75, 3.05) is 6.54 Å². The molecule has 144 valence electrons. The van der Waals surface area contributed by atoms with Crippen LogP contribution in [0.15, 0.2) is 53.1 Å². The monoisotopic (exact) mass is 377 g/mol. The summed E-state index contributed by atoms with van der Waals surface area (Å²) in [7, 11) is 0. The molecule has 1 aliphatic heterocycles. The highest BCUT2D eigenvalue weighted by Crippen LogP contribution is 2.31. The molecule has 0 radical (unpaired) electrons. The second-order valence-corrected chi connectivity index (χ2v) is 7.20. The average molecular weight is 377 g/mol. The summed E-state index contributed by atoms with van der Waals surface area (Å²) in [6.45, 7) is 3.62. The summed E-state index contributed by atoms with van der Waals surface area (Å²) < 4.78 is 5.18. The summed E-state index contributed by atoms with van der Waals surface area (Å²) in [6, 6.07) is 15.4. The van der Waals surface area contributed by atoms with Crippen molar-refractivity contribution >= 4 is 5.97 Å². The maximum atomic E-state index is 11.5. The second kappa shape index (κ2) is 7.94. The number of aromatic carboxylic acids is 1. The fourth-order valence-electron chi connectivity index (χ4n) is 3.87. The van der Waals surface area contributed by atoms with E-state index in [2.05, 4.69) is 27.2 Å². The van der Waals surface area contributed by atoms with Crippen LogP contribution in [-0.4, -0.2) is 32.7 Å². The van der Waals surface area contributed by atoms with E-state index in [9.17, 15) is 9.90 Å². The molecule has 6 heteroatoms. The van der Waals surface area contributed by atoms with Crippen LogP contribution in [0.3, 0.4) is 0 Å². The standard InChI is InChI=1S/C22H23N3O3/c1-15-23-21(24-28-15)20-8-4-5-13-25(20)14-16-9-11-17(12-10-16)18-6-2-3-7-19(18)22(26)27/h2-3,6-7,9-12,20H,4-5,8,13-14H2,1H3,(H,26,27). The minimum Gasteiger partial charge on any atom is -0.478 e. The Morgan fingerprint density at radius 2 is 1.96 bits per heavy atom. The molecule has 2 aromatic carbocycles. The minimum atomic E-state index is -0.911. The van der Waals surface area contributed by atoms with Crippen LogP contribution >= 0.6 is 0 Å². The number of benzene rings is 2. The Morgan fingerprint density at radius 3 is 2.68 bits per heavy atom. The summed E-state index contributed by atoms with van der Waals surface area (Å²) in [5.74, 6) is 0.456. The third-order valence-electron chi connectivity index (χ3n) is 5.26. The SMILES string of the molecule is Cc1nc(C2CCCCN2Cc2ccc(-c3ccccc3C(=O)O)cc2)no1. The van der Waals surface area contributed by atoms with Crippen molar-refractivity contribution in [1.82, 2.24) is 15.0 Å². The van der Waals surface area contributed by atoms with Crippen LogP contribution in [0.2, 0.25) is 0 Å². The van der Waals surface area contributed by atoms with Gasteiger partial charge in [0.25, 0.3) is 0 Å². The van der Waals surface area contributed by atoms with Crippen molar-refractivity contribution in [3.63, 3.8) is 0 Å². The number of hydrogen-bond acceptors (Lipinski definition) is 5. The van der Waals surface area contributed by atoms with Crippen molar-refractivity contribution in [2.24, 2.45) is 0 Å². The van der Waals surface area contributed by atoms with Crippen molar-refractivity contribution in [2.45, 2.75) is 38.8 Å². The van der Waals surface area contributed by atoms with Gasteiger partial charge in [0.15, 0.2) is 5.82 Å². The molecule has 28 heavy (non-hydrogen) atoms. The van der Waals surface area contributed by atoms with Crippen molar-refractivity contribution in [3.05, 3.63) is 71.4 Å². The van der Waals surface area contributed by atoms with Gasteiger partial charge in [-0.2, -0.15) is 4.98 Å². The first-order valence-electron chi connectivity index (χ1n) is 9.58. The molecule has 0 aliphatic carbocycles. The second-order valence-electron chi connectivity index (χ2n) is 7.20. The molecule has 1 saturated heterocycles. The fraction of sp³-hybridized carbons (Fsp3) is 0.318. The van der Waals surface area contributed by atoms with E-state index in [4.69, 9.17) is 4.52 Å². The first kappa shape index (κ1) is 18.4. The topological polar surface area (TPSA) is 79.5 Å². The molecule has 6 nitrogen and oxygen atoms in total. The molecule has 1 aliphatic rings. The van der Waals surface area contributed by atoms with Gasteiger partial charge in [-0.05, 0) is 42.1 Å². The molecule has 3 aromatic rings. The van der Waals surface area contributed by atoms with Gasteiger partial charge < -0.3 is 9.63 Å². The Labute approximate surface area is 163 Å². The number of rotatable bonds is 5. The summed E-state index contributed by atoms with van der Waals surface area (Å²) in [5.41, 5.74) is 3.15. The molecule has 1 N–H and O–H groups in total. The lowest BCUT2D eigenvalue weighted by molar-refractivity contribution is 0.0697. The van der Waals surface area contributed by atoms with E-state index in [0.717, 1.165) is 42.9 Å². The van der Waals surface area contributed by atoms with Crippen molar-refractivity contribution in [1.29, 1.82) is 0 Å². The van der Waals surface area contributed by atoms with Crippen LogP contribution in [0.4, 0.5) is 0 Å². The lowest BCUT2D eigenvalue weighted by atomic mass is 9.97. The first-order valence-corrected chi connectivity index (χ1v) is 9.58. The number of aryl methyl sites for hydroxylation is 1. The number of likely N-dealkylation sites (tertiary alicyclic amines) is 1. The van der Waals surface area contributed by atoms with E-state index in [1.54, 1.807) is 12.1 Å². The Morgan fingerprint density at radius 1 is 1.18 bits per heavy atom. The van der Waals surface area contributed by atoms with Gasteiger partial charge in [0.2, 0.25) is 5.89 Å². The number of carbonyl (C=O) groups is 1. The van der Waals surface area contributed by atoms with Crippen LogP contribution < -0.4 is 0 Å². The van der Waals surface area contributed by atoms with Gasteiger partial charge in [-0.1, -0.05) is 54.0 Å². The van der Waals surface area contributed by atoms with Crippen LogP contribution in [0.25, 0.3) is 11.1 Å². The fourth-order valence-corrected chi connectivity index (χ4v) is 3.87. The Hall–Kier alpha value is -2.99. The smallest absolute Gasteiger partial charge is 0.336 e. The Bertz CT molecular complexity index is 965. The highest BCUT2D eigenvalue weighted by atomic mass is 16.5. The normalized spacial score (nSPS) is 17.5. The summed E-state index contributed by atoms with van der Waals surface area (Å²) in [5, 5.41) is 13.5. The molecule has 0 saturated carbocycles. The van der Waals surface area contributed by atoms with Gasteiger partial charge in [0.05, 0.1) is 11.6 Å². The predicted octanol–water partition coefficient (Wildman–Crippen LogP) is 4.47. The summed E-state index contributed by atoms with van der Waals surface area (Å²) >= 11 is 0. The molecule has 0 bridgehead atoms. The molecule has 0 amide bonds. The molecular weight excluding hydrogens is 354 g/mol. The first-order chi connectivity index (χ1) is 13.6. The Kier molecular flexibility index (Phi) is 5.21. The number of piperidine rings is 1. The van der Waals surface area contributed by atoms with Gasteiger partial charge in [-0.25, -0.2) is 4.79 Å². The van der Waals surface area contributed by atoms with E-state index in [0.29, 0.717) is 11.5 Å². The zero-order valence-corrected chi connectivity index (χ0v) is 15.8. The van der Waals surface area contributed by atoms with E-state index in [-0.39, 0.29) is 6.04 Å². The van der Waals surface area contributed by atoms with Crippen LogP contribution in [0, 0.1) is 6.92 Å². The van der Waals surface area contributed by atoms with Gasteiger partial charge >= 0.3 is 5.97 Å². The molecule has 1 unspecified atom stereocenters. The van der Waals surface area contributed by atoms with Gasteiger partial charge in [0.1, 0.15) is 0 Å². The minimum absolute atomic E-state index is 0.179. The maximum absolute atomic E-state index is 11.5. The molecule has 1 atom stereocenters. The zero-order chi connectivity index (χ0) is 19.5. The van der Waals surface area contributed by atoms with Crippen LogP contribution in [0.5, 0.6) is 0 Å². The van der Waals surface area contributed by atoms with Crippen LogP contribution in [0.1, 0.15) is 52.9 Å². The summed E-state index contributed by atoms with van der Waals surface area (Å²) in [4.78, 5) is 18.3. The molecular formula is C22H23N3O3. The van der Waals surface area contributed by atoms with E-state index >= 15 is 0 Å². The van der Waals surface area contributed by atoms with Crippen molar-refractivity contribution < 1.29 is 14.4 Å². The third kappa shape index (κ3) is 3.82. The third-order valence-corrected chi connectivity index (χ3v) is 5.26. The highest BCUT2D eigenvalue weighted by Gasteiger charge is 2.27. The quantitative estimate of drug-likeness (QED) is 0.707. The number of nitrogens with zero attached hydrogens (tertiary/aromatic N) is 3. The van der Waals surface area contributed by atoms with Gasteiger partial charge in [0, 0.05) is 13.5 Å². The van der Waals surface area contributed by atoms with E-state index < -0.39 is 5.97 Å². The lowest BCUT2D eigenvalue weighted by Gasteiger charge is -2.33.